The molecular weight excluding hydrogens is 316 g/mol. The van der Waals surface area contributed by atoms with E-state index in [2.05, 4.69) is 25.4 Å². The fourth-order valence-electron chi connectivity index (χ4n) is 2.74. The predicted molar refractivity (Wildman–Crippen MR) is 91.4 cm³/mol. The van der Waals surface area contributed by atoms with Crippen LogP contribution >= 0.6 is 12.4 Å². The highest BCUT2D eigenvalue weighted by Crippen LogP contribution is 2.17. The zero-order valence-electron chi connectivity index (χ0n) is 12.4. The Hall–Kier alpha value is -2.38. The molecule has 4 rings (SSSR count). The summed E-state index contributed by atoms with van der Waals surface area (Å²) in [4.78, 5) is 19.2. The predicted octanol–water partition coefficient (Wildman–Crippen LogP) is 0.916. The van der Waals surface area contributed by atoms with Crippen LogP contribution in [0.2, 0.25) is 0 Å². The van der Waals surface area contributed by atoms with Gasteiger partial charge in [-0.1, -0.05) is 0 Å². The first-order valence-corrected chi connectivity index (χ1v) is 7.29. The average molecular weight is 333 g/mol. The molecule has 0 radical (unpaired) electrons. The second kappa shape index (κ2) is 6.39. The molecular formula is C15H17ClN6O. The standard InChI is InChI=1S/C15H16N6O.ClH/c22-15-7-13(11-8-17-18-9-11)19-14-2-1-12(10-21(14)15)20-5-3-16-4-6-20;/h1-2,7-10,16H,3-6H2,(H,17,18);1H. The first kappa shape index (κ1) is 15.5. The number of aromatic nitrogens is 4. The van der Waals surface area contributed by atoms with Gasteiger partial charge < -0.3 is 10.2 Å². The van der Waals surface area contributed by atoms with Crippen LogP contribution in [0.15, 0.2) is 41.6 Å². The summed E-state index contributed by atoms with van der Waals surface area (Å²) in [6, 6.07) is 5.45. The number of hydrogen-bond donors (Lipinski definition) is 2. The number of nitrogens with one attached hydrogen (secondary N) is 2. The summed E-state index contributed by atoms with van der Waals surface area (Å²) in [6.45, 7) is 3.82. The lowest BCUT2D eigenvalue weighted by molar-refractivity contribution is 0.588. The minimum atomic E-state index is -0.0850. The molecule has 0 unspecified atom stereocenters. The number of aromatic amines is 1. The number of hydrogen-bond acceptors (Lipinski definition) is 5. The quantitative estimate of drug-likeness (QED) is 0.729. The van der Waals surface area contributed by atoms with E-state index in [0.29, 0.717) is 11.3 Å². The van der Waals surface area contributed by atoms with E-state index in [4.69, 9.17) is 0 Å². The van der Waals surface area contributed by atoms with Crippen LogP contribution in [-0.4, -0.2) is 45.8 Å². The highest BCUT2D eigenvalue weighted by atomic mass is 35.5. The van der Waals surface area contributed by atoms with Gasteiger partial charge in [-0.05, 0) is 12.1 Å². The van der Waals surface area contributed by atoms with E-state index < -0.39 is 0 Å². The number of anilines is 1. The molecule has 1 saturated heterocycles. The number of nitrogens with zero attached hydrogens (tertiary/aromatic N) is 4. The zero-order chi connectivity index (χ0) is 14.9. The molecule has 3 aromatic rings. The van der Waals surface area contributed by atoms with Crippen LogP contribution in [0.25, 0.3) is 16.9 Å². The zero-order valence-corrected chi connectivity index (χ0v) is 13.2. The summed E-state index contributed by atoms with van der Waals surface area (Å²) >= 11 is 0. The molecule has 0 aromatic carbocycles. The van der Waals surface area contributed by atoms with E-state index in [0.717, 1.165) is 37.4 Å². The van der Waals surface area contributed by atoms with E-state index >= 15 is 0 Å². The van der Waals surface area contributed by atoms with Crippen LogP contribution in [0.4, 0.5) is 5.69 Å². The second-order valence-corrected chi connectivity index (χ2v) is 5.32. The van der Waals surface area contributed by atoms with E-state index in [-0.39, 0.29) is 18.0 Å². The van der Waals surface area contributed by atoms with Gasteiger partial charge in [0.15, 0.2) is 0 Å². The van der Waals surface area contributed by atoms with Crippen molar-refractivity contribution in [1.29, 1.82) is 0 Å². The van der Waals surface area contributed by atoms with Gasteiger partial charge in [-0.15, -0.1) is 12.4 Å². The molecule has 120 valence electrons. The lowest BCUT2D eigenvalue weighted by Crippen LogP contribution is -2.43. The smallest absolute Gasteiger partial charge is 0.258 e. The van der Waals surface area contributed by atoms with Gasteiger partial charge in [-0.2, -0.15) is 5.10 Å². The Morgan fingerprint density at radius 3 is 2.74 bits per heavy atom. The molecule has 1 aliphatic rings. The van der Waals surface area contributed by atoms with Crippen LogP contribution in [0.5, 0.6) is 0 Å². The Labute approximate surface area is 138 Å². The van der Waals surface area contributed by atoms with Crippen molar-refractivity contribution >= 4 is 23.7 Å². The molecule has 1 aliphatic heterocycles. The fourth-order valence-corrected chi connectivity index (χ4v) is 2.74. The highest BCUT2D eigenvalue weighted by Gasteiger charge is 2.12. The number of pyridine rings is 1. The third-order valence-electron chi connectivity index (χ3n) is 3.92. The van der Waals surface area contributed by atoms with Crippen LogP contribution < -0.4 is 15.8 Å². The summed E-state index contributed by atoms with van der Waals surface area (Å²) in [5.74, 6) is 0. The van der Waals surface area contributed by atoms with Gasteiger partial charge in [0.25, 0.3) is 5.56 Å². The number of rotatable bonds is 2. The Kier molecular flexibility index (Phi) is 4.31. The number of H-pyrrole nitrogens is 1. The molecule has 1 fully saturated rings. The van der Waals surface area contributed by atoms with E-state index in [1.807, 2.05) is 18.3 Å². The molecule has 0 spiro atoms. The second-order valence-electron chi connectivity index (χ2n) is 5.32. The summed E-state index contributed by atoms with van der Waals surface area (Å²) in [5.41, 5.74) is 3.05. The molecule has 0 amide bonds. The first-order valence-electron chi connectivity index (χ1n) is 7.29. The molecule has 0 atom stereocenters. The van der Waals surface area contributed by atoms with Crippen molar-refractivity contribution in [3.63, 3.8) is 0 Å². The topological polar surface area (TPSA) is 78.3 Å². The van der Waals surface area contributed by atoms with Crippen molar-refractivity contribution in [3.05, 3.63) is 47.1 Å². The van der Waals surface area contributed by atoms with Crippen molar-refractivity contribution in [2.24, 2.45) is 0 Å². The van der Waals surface area contributed by atoms with E-state index in [1.165, 1.54) is 0 Å². The molecule has 2 N–H and O–H groups in total. The number of fused-ring (bicyclic) bond motifs is 1. The maximum Gasteiger partial charge on any atom is 0.258 e. The third kappa shape index (κ3) is 2.93. The summed E-state index contributed by atoms with van der Waals surface area (Å²) in [7, 11) is 0. The molecule has 8 heteroatoms. The van der Waals surface area contributed by atoms with Crippen molar-refractivity contribution in [1.82, 2.24) is 24.9 Å². The van der Waals surface area contributed by atoms with E-state index in [9.17, 15) is 4.79 Å². The molecule has 3 aromatic heterocycles. The Morgan fingerprint density at radius 1 is 1.17 bits per heavy atom. The van der Waals surface area contributed by atoms with Crippen molar-refractivity contribution in [2.45, 2.75) is 0 Å². The van der Waals surface area contributed by atoms with Gasteiger partial charge in [0.1, 0.15) is 5.65 Å². The molecule has 0 saturated carbocycles. The third-order valence-corrected chi connectivity index (χ3v) is 3.92. The average Bonchev–Trinajstić information content (AvgIpc) is 3.10. The highest BCUT2D eigenvalue weighted by molar-refractivity contribution is 5.85. The van der Waals surface area contributed by atoms with Crippen LogP contribution in [0.1, 0.15) is 0 Å². The molecule has 4 heterocycles. The number of piperazine rings is 1. The van der Waals surface area contributed by atoms with Gasteiger partial charge >= 0.3 is 0 Å². The van der Waals surface area contributed by atoms with Crippen molar-refractivity contribution in [3.8, 4) is 11.3 Å². The summed E-state index contributed by atoms with van der Waals surface area (Å²) in [6.07, 6.45) is 5.26. The molecule has 0 aliphatic carbocycles. The van der Waals surface area contributed by atoms with Crippen molar-refractivity contribution in [2.75, 3.05) is 31.1 Å². The first-order chi connectivity index (χ1) is 10.8. The molecule has 23 heavy (non-hydrogen) atoms. The maximum absolute atomic E-state index is 12.4. The van der Waals surface area contributed by atoms with Crippen LogP contribution in [0.3, 0.4) is 0 Å². The minimum absolute atomic E-state index is 0. The molecule has 7 nitrogen and oxygen atoms in total. The van der Waals surface area contributed by atoms with Gasteiger partial charge in [-0.3, -0.25) is 14.3 Å². The number of halogens is 1. The Balaban J connectivity index is 0.00000156. The summed E-state index contributed by atoms with van der Waals surface area (Å²) < 4.78 is 1.60. The van der Waals surface area contributed by atoms with Gasteiger partial charge in [-0.25, -0.2) is 4.98 Å². The normalized spacial score (nSPS) is 14.7. The monoisotopic (exact) mass is 332 g/mol. The van der Waals surface area contributed by atoms with Gasteiger partial charge in [0.2, 0.25) is 0 Å². The summed E-state index contributed by atoms with van der Waals surface area (Å²) in [5, 5.41) is 9.96. The van der Waals surface area contributed by atoms with Gasteiger partial charge in [0, 0.05) is 50.2 Å². The van der Waals surface area contributed by atoms with Gasteiger partial charge in [0.05, 0.1) is 17.6 Å². The van der Waals surface area contributed by atoms with Crippen LogP contribution in [-0.2, 0) is 0 Å². The largest absolute Gasteiger partial charge is 0.368 e. The lowest BCUT2D eigenvalue weighted by Gasteiger charge is -2.29. The maximum atomic E-state index is 12.4. The lowest BCUT2D eigenvalue weighted by atomic mass is 10.2. The Bertz CT molecular complexity index is 854. The van der Waals surface area contributed by atoms with E-state index in [1.54, 1.807) is 22.9 Å². The fraction of sp³-hybridized carbons (Fsp3) is 0.267. The minimum Gasteiger partial charge on any atom is -0.368 e. The Morgan fingerprint density at radius 2 is 2.00 bits per heavy atom. The molecule has 0 bridgehead atoms. The van der Waals surface area contributed by atoms with Crippen molar-refractivity contribution < 1.29 is 0 Å². The SMILES string of the molecule is Cl.O=c1cc(-c2cn[nH]c2)nc2ccc(N3CCNCC3)cn12. The van der Waals surface area contributed by atoms with Crippen LogP contribution in [0, 0.1) is 0 Å².